The fraction of sp³-hybridized carbons (Fsp3) is 0.364. The summed E-state index contributed by atoms with van der Waals surface area (Å²) in [7, 11) is 0. The molecule has 0 heterocycles. The molecule has 0 atom stereocenters. The summed E-state index contributed by atoms with van der Waals surface area (Å²) < 4.78 is 0. The van der Waals surface area contributed by atoms with Crippen LogP contribution in [0.4, 0.5) is 5.69 Å². The van der Waals surface area contributed by atoms with Gasteiger partial charge < -0.3 is 10.6 Å². The average molecular weight is 383 g/mol. The van der Waals surface area contributed by atoms with Crippen LogP contribution in [0.5, 0.6) is 0 Å². The number of amides is 2. The van der Waals surface area contributed by atoms with Gasteiger partial charge in [0.25, 0.3) is 11.8 Å². The molecule has 5 heteroatoms. The summed E-state index contributed by atoms with van der Waals surface area (Å²) in [6.07, 6.45) is 5.63. The quantitative estimate of drug-likeness (QED) is 0.682. The number of hydrogen-bond acceptors (Lipinski definition) is 3. The first-order chi connectivity index (χ1) is 13.2. The van der Waals surface area contributed by atoms with Crippen LogP contribution in [-0.2, 0) is 0 Å². The van der Waals surface area contributed by atoms with Gasteiger partial charge in [0.05, 0.1) is 16.8 Å². The molecule has 142 valence electrons. The molecule has 1 aliphatic rings. The third-order valence-corrected chi connectivity index (χ3v) is 5.75. The largest absolute Gasteiger partial charge is 0.349 e. The normalized spacial score (nSPS) is 14.6. The number of para-hydroxylation sites is 1. The Morgan fingerprint density at radius 3 is 2.33 bits per heavy atom. The van der Waals surface area contributed by atoms with Crippen molar-refractivity contribution in [3.63, 3.8) is 0 Å². The molecule has 2 amide bonds. The molecule has 0 unspecified atom stereocenters. The van der Waals surface area contributed by atoms with Crippen LogP contribution in [0.1, 0.15) is 59.7 Å². The zero-order valence-corrected chi connectivity index (χ0v) is 16.5. The van der Waals surface area contributed by atoms with Gasteiger partial charge in [-0.2, -0.15) is 0 Å². The van der Waals surface area contributed by atoms with Crippen molar-refractivity contribution in [3.05, 3.63) is 59.7 Å². The minimum atomic E-state index is -0.190. The van der Waals surface area contributed by atoms with Crippen LogP contribution >= 0.6 is 11.8 Å². The number of benzene rings is 2. The van der Waals surface area contributed by atoms with E-state index in [9.17, 15) is 9.59 Å². The highest BCUT2D eigenvalue weighted by Crippen LogP contribution is 2.24. The first-order valence-electron chi connectivity index (χ1n) is 9.62. The van der Waals surface area contributed by atoms with Crippen molar-refractivity contribution in [2.75, 3.05) is 11.1 Å². The number of carbonyl (C=O) groups excluding carboxylic acids is 2. The van der Waals surface area contributed by atoms with Gasteiger partial charge in [0.1, 0.15) is 0 Å². The summed E-state index contributed by atoms with van der Waals surface area (Å²) in [6, 6.07) is 15.0. The van der Waals surface area contributed by atoms with Gasteiger partial charge in [0.15, 0.2) is 0 Å². The summed E-state index contributed by atoms with van der Waals surface area (Å²) in [5, 5.41) is 6.06. The molecular weight excluding hydrogens is 356 g/mol. The smallest absolute Gasteiger partial charge is 0.256 e. The van der Waals surface area contributed by atoms with Crippen LogP contribution in [-0.4, -0.2) is 23.6 Å². The van der Waals surface area contributed by atoms with Gasteiger partial charge in [-0.1, -0.05) is 50.5 Å². The van der Waals surface area contributed by atoms with Gasteiger partial charge in [-0.25, -0.2) is 0 Å². The van der Waals surface area contributed by atoms with E-state index in [4.69, 9.17) is 0 Å². The van der Waals surface area contributed by atoms with Gasteiger partial charge in [0, 0.05) is 10.9 Å². The number of hydrogen-bond donors (Lipinski definition) is 2. The second kappa shape index (κ2) is 9.60. The third kappa shape index (κ3) is 5.13. The first kappa shape index (κ1) is 19.5. The molecule has 0 aliphatic heterocycles. The van der Waals surface area contributed by atoms with Crippen LogP contribution < -0.4 is 10.6 Å². The molecule has 0 radical (unpaired) electrons. The second-order valence-electron chi connectivity index (χ2n) is 6.74. The monoisotopic (exact) mass is 382 g/mol. The van der Waals surface area contributed by atoms with Gasteiger partial charge >= 0.3 is 0 Å². The Morgan fingerprint density at radius 2 is 1.59 bits per heavy atom. The lowest BCUT2D eigenvalue weighted by Crippen LogP contribution is -2.36. The molecule has 0 spiro atoms. The molecule has 3 rings (SSSR count). The highest BCUT2D eigenvalue weighted by Gasteiger charge is 2.20. The molecule has 0 bridgehead atoms. The Balaban J connectivity index is 1.76. The Bertz CT molecular complexity index is 800. The summed E-state index contributed by atoms with van der Waals surface area (Å²) in [6.45, 7) is 2.06. The molecule has 0 saturated heterocycles. The van der Waals surface area contributed by atoms with Gasteiger partial charge in [0.2, 0.25) is 0 Å². The van der Waals surface area contributed by atoms with Crippen LogP contribution in [0.15, 0.2) is 53.4 Å². The number of anilines is 1. The zero-order valence-electron chi connectivity index (χ0n) is 15.7. The van der Waals surface area contributed by atoms with Gasteiger partial charge in [-0.3, -0.25) is 9.59 Å². The van der Waals surface area contributed by atoms with E-state index < -0.39 is 0 Å². The van der Waals surface area contributed by atoms with E-state index in [-0.39, 0.29) is 17.9 Å². The zero-order chi connectivity index (χ0) is 19.1. The molecule has 2 N–H and O–H groups in total. The minimum Gasteiger partial charge on any atom is -0.349 e. The molecule has 27 heavy (non-hydrogen) atoms. The summed E-state index contributed by atoms with van der Waals surface area (Å²) in [5.74, 6) is 0.587. The Morgan fingerprint density at radius 1 is 0.926 bits per heavy atom. The van der Waals surface area contributed by atoms with E-state index in [1.165, 1.54) is 6.42 Å². The molecule has 0 aromatic heterocycles. The van der Waals surface area contributed by atoms with Gasteiger partial charge in [-0.15, -0.1) is 11.8 Å². The maximum absolute atomic E-state index is 12.8. The summed E-state index contributed by atoms with van der Waals surface area (Å²) in [4.78, 5) is 26.5. The number of thioether (sulfide) groups is 1. The van der Waals surface area contributed by atoms with Crippen LogP contribution in [0.2, 0.25) is 0 Å². The van der Waals surface area contributed by atoms with Gasteiger partial charge in [-0.05, 0) is 42.9 Å². The molecule has 1 saturated carbocycles. The highest BCUT2D eigenvalue weighted by atomic mass is 32.2. The van der Waals surface area contributed by atoms with Crippen molar-refractivity contribution in [3.8, 4) is 0 Å². The third-order valence-electron chi connectivity index (χ3n) is 4.79. The Kier molecular flexibility index (Phi) is 6.93. The molecular formula is C22H26N2O2S. The van der Waals surface area contributed by atoms with E-state index >= 15 is 0 Å². The molecule has 1 aliphatic carbocycles. The molecule has 4 nitrogen and oxygen atoms in total. The van der Waals surface area contributed by atoms with Crippen molar-refractivity contribution < 1.29 is 9.59 Å². The maximum atomic E-state index is 12.8. The fourth-order valence-corrected chi connectivity index (χ4v) is 4.23. The number of carbonyl (C=O) groups is 2. The summed E-state index contributed by atoms with van der Waals surface area (Å²) >= 11 is 1.63. The van der Waals surface area contributed by atoms with E-state index in [0.29, 0.717) is 16.8 Å². The molecule has 2 aromatic rings. The Labute approximate surface area is 165 Å². The van der Waals surface area contributed by atoms with Crippen LogP contribution in [0.3, 0.4) is 0 Å². The van der Waals surface area contributed by atoms with Crippen molar-refractivity contribution in [1.29, 1.82) is 0 Å². The fourth-order valence-electron chi connectivity index (χ4n) is 3.43. The minimum absolute atomic E-state index is 0.117. The van der Waals surface area contributed by atoms with E-state index in [2.05, 4.69) is 17.6 Å². The maximum Gasteiger partial charge on any atom is 0.256 e. The lowest BCUT2D eigenvalue weighted by atomic mass is 9.95. The van der Waals surface area contributed by atoms with Crippen LogP contribution in [0, 0.1) is 0 Å². The molecule has 1 fully saturated rings. The van der Waals surface area contributed by atoms with Crippen molar-refractivity contribution in [2.24, 2.45) is 0 Å². The van der Waals surface area contributed by atoms with Crippen molar-refractivity contribution >= 4 is 29.3 Å². The van der Waals surface area contributed by atoms with E-state index in [1.54, 1.807) is 23.9 Å². The first-order valence-corrected chi connectivity index (χ1v) is 10.6. The number of rotatable bonds is 6. The van der Waals surface area contributed by atoms with Crippen molar-refractivity contribution in [1.82, 2.24) is 5.32 Å². The van der Waals surface area contributed by atoms with E-state index in [0.717, 1.165) is 36.3 Å². The number of nitrogens with one attached hydrogen (secondary N) is 2. The summed E-state index contributed by atoms with van der Waals surface area (Å²) in [5.41, 5.74) is 1.69. The molecule has 2 aromatic carbocycles. The van der Waals surface area contributed by atoms with Crippen molar-refractivity contribution in [2.45, 2.75) is 50.0 Å². The topological polar surface area (TPSA) is 58.2 Å². The van der Waals surface area contributed by atoms with E-state index in [1.807, 2.05) is 36.4 Å². The standard InChI is InChI=1S/C22H26N2O2S/c1-2-27-20-15-9-7-13-18(20)22(26)24-19-14-8-6-12-17(19)21(25)23-16-10-4-3-5-11-16/h6-9,12-16H,2-5,10-11H2,1H3,(H,23,25)(H,24,26). The predicted molar refractivity (Wildman–Crippen MR) is 112 cm³/mol. The second-order valence-corrected chi connectivity index (χ2v) is 8.04. The highest BCUT2D eigenvalue weighted by molar-refractivity contribution is 7.99. The lowest BCUT2D eigenvalue weighted by molar-refractivity contribution is 0.0928. The average Bonchev–Trinajstić information content (AvgIpc) is 2.70. The lowest BCUT2D eigenvalue weighted by Gasteiger charge is -2.23. The predicted octanol–water partition coefficient (Wildman–Crippen LogP) is 5.11. The Hall–Kier alpha value is -2.27. The SMILES string of the molecule is CCSc1ccccc1C(=O)Nc1ccccc1C(=O)NC1CCCCC1. The van der Waals surface area contributed by atoms with Crippen LogP contribution in [0.25, 0.3) is 0 Å².